The van der Waals surface area contributed by atoms with Gasteiger partial charge in [-0.25, -0.2) is 13.1 Å². The third-order valence-corrected chi connectivity index (χ3v) is 6.57. The van der Waals surface area contributed by atoms with Gasteiger partial charge in [0.2, 0.25) is 15.9 Å². The number of sulfonamides is 1. The molecule has 0 saturated carbocycles. The van der Waals surface area contributed by atoms with Crippen molar-refractivity contribution >= 4 is 54.8 Å². The molecular formula is C10H14BrClN2O4S2. The first-order chi connectivity index (χ1) is 9.36. The van der Waals surface area contributed by atoms with E-state index in [1.165, 1.54) is 13.2 Å². The number of carbonyl (C=O) groups is 1. The average molecular weight is 406 g/mol. The van der Waals surface area contributed by atoms with Gasteiger partial charge in [-0.3, -0.25) is 4.79 Å². The van der Waals surface area contributed by atoms with Gasteiger partial charge in [0.25, 0.3) is 0 Å². The summed E-state index contributed by atoms with van der Waals surface area (Å²) in [5, 5.41) is 2.94. The molecule has 1 aromatic heterocycles. The van der Waals surface area contributed by atoms with Gasteiger partial charge in [0.15, 0.2) is 0 Å². The molecule has 1 rings (SSSR count). The summed E-state index contributed by atoms with van der Waals surface area (Å²) >= 11 is 9.95. The van der Waals surface area contributed by atoms with Gasteiger partial charge in [-0.1, -0.05) is 11.6 Å². The normalized spacial score (nSPS) is 11.6. The molecule has 0 aromatic carbocycles. The van der Waals surface area contributed by atoms with E-state index in [0.717, 1.165) is 11.3 Å². The van der Waals surface area contributed by atoms with Crippen LogP contribution in [0, 0.1) is 0 Å². The Morgan fingerprint density at radius 2 is 2.20 bits per heavy atom. The van der Waals surface area contributed by atoms with Crippen molar-refractivity contribution in [1.29, 1.82) is 0 Å². The molecule has 10 heteroatoms. The highest BCUT2D eigenvalue weighted by atomic mass is 79.9. The number of rotatable bonds is 8. The highest BCUT2D eigenvalue weighted by Gasteiger charge is 2.18. The van der Waals surface area contributed by atoms with Crippen LogP contribution in [0.25, 0.3) is 0 Å². The Hall–Kier alpha value is -0.190. The molecule has 20 heavy (non-hydrogen) atoms. The van der Waals surface area contributed by atoms with Crippen LogP contribution in [-0.2, 0) is 19.6 Å². The Kier molecular flexibility index (Phi) is 7.41. The molecule has 0 spiro atoms. The fourth-order valence-corrected chi connectivity index (χ4v) is 4.68. The van der Waals surface area contributed by atoms with Crippen LogP contribution in [0.1, 0.15) is 6.42 Å². The summed E-state index contributed by atoms with van der Waals surface area (Å²) in [5.41, 5.74) is 0. The predicted molar refractivity (Wildman–Crippen MR) is 81.7 cm³/mol. The Bertz CT molecular complexity index is 542. The van der Waals surface area contributed by atoms with Crippen molar-refractivity contribution in [2.45, 2.75) is 10.6 Å². The van der Waals surface area contributed by atoms with Crippen LogP contribution in [-0.4, -0.2) is 41.1 Å². The smallest absolute Gasteiger partial charge is 0.250 e. The van der Waals surface area contributed by atoms with Crippen LogP contribution in [0.2, 0.25) is 5.02 Å². The van der Waals surface area contributed by atoms with E-state index in [9.17, 15) is 13.2 Å². The summed E-state index contributed by atoms with van der Waals surface area (Å²) in [6.45, 7) is 0.836. The lowest BCUT2D eigenvalue weighted by molar-refractivity contribution is -0.121. The monoisotopic (exact) mass is 404 g/mol. The highest BCUT2D eigenvalue weighted by molar-refractivity contribution is 9.11. The molecule has 6 nitrogen and oxygen atoms in total. The third-order valence-electron chi connectivity index (χ3n) is 2.16. The zero-order valence-electron chi connectivity index (χ0n) is 10.6. The first-order valence-electron chi connectivity index (χ1n) is 5.57. The standard InChI is InChI=1S/C10H14BrClN2O4S2/c1-18-5-4-13-8(15)2-3-14-20(16,17)9-6-7(12)10(11)19-9/h6,14H,2-5H2,1H3,(H,13,15). The van der Waals surface area contributed by atoms with Crippen molar-refractivity contribution in [3.63, 3.8) is 0 Å². The second-order valence-electron chi connectivity index (χ2n) is 3.68. The van der Waals surface area contributed by atoms with Gasteiger partial charge in [-0.15, -0.1) is 11.3 Å². The van der Waals surface area contributed by atoms with Crippen molar-refractivity contribution in [3.05, 3.63) is 14.9 Å². The number of nitrogens with one attached hydrogen (secondary N) is 2. The molecule has 0 saturated heterocycles. The number of halogens is 2. The van der Waals surface area contributed by atoms with Crippen LogP contribution in [0.5, 0.6) is 0 Å². The van der Waals surface area contributed by atoms with E-state index in [4.69, 9.17) is 16.3 Å². The fraction of sp³-hybridized carbons (Fsp3) is 0.500. The molecular weight excluding hydrogens is 392 g/mol. The molecule has 0 unspecified atom stereocenters. The van der Waals surface area contributed by atoms with Crippen LogP contribution in [0.15, 0.2) is 14.1 Å². The molecule has 0 aliphatic heterocycles. The second-order valence-corrected chi connectivity index (χ2v) is 8.45. The zero-order valence-corrected chi connectivity index (χ0v) is 14.6. The van der Waals surface area contributed by atoms with E-state index < -0.39 is 10.0 Å². The topological polar surface area (TPSA) is 84.5 Å². The first kappa shape index (κ1) is 17.9. The number of carbonyl (C=O) groups excluding carboxylic acids is 1. The molecule has 114 valence electrons. The van der Waals surface area contributed by atoms with E-state index in [-0.39, 0.29) is 23.1 Å². The van der Waals surface area contributed by atoms with E-state index >= 15 is 0 Å². The predicted octanol–water partition coefficient (Wildman–Crippen LogP) is 1.59. The summed E-state index contributed by atoms with van der Waals surface area (Å²) in [4.78, 5) is 11.4. The quantitative estimate of drug-likeness (QED) is 0.643. The molecule has 0 fully saturated rings. The largest absolute Gasteiger partial charge is 0.383 e. The molecule has 0 bridgehead atoms. The zero-order chi connectivity index (χ0) is 15.2. The number of thiophene rings is 1. The lowest BCUT2D eigenvalue weighted by atomic mass is 10.4. The second kappa shape index (κ2) is 8.30. The van der Waals surface area contributed by atoms with Gasteiger partial charge in [0, 0.05) is 26.6 Å². The molecule has 1 aromatic rings. The molecule has 1 heterocycles. The minimum absolute atomic E-state index is 0.0221. The van der Waals surface area contributed by atoms with Crippen molar-refractivity contribution < 1.29 is 17.9 Å². The number of hydrogen-bond acceptors (Lipinski definition) is 5. The van der Waals surface area contributed by atoms with Crippen molar-refractivity contribution in [2.75, 3.05) is 26.8 Å². The van der Waals surface area contributed by atoms with Crippen molar-refractivity contribution in [3.8, 4) is 0 Å². The average Bonchev–Trinajstić information content (AvgIpc) is 2.70. The summed E-state index contributed by atoms with van der Waals surface area (Å²) in [6, 6.07) is 1.36. The lowest BCUT2D eigenvalue weighted by Gasteiger charge is -2.06. The van der Waals surface area contributed by atoms with E-state index in [1.807, 2.05) is 0 Å². The van der Waals surface area contributed by atoms with Crippen molar-refractivity contribution in [1.82, 2.24) is 10.0 Å². The highest BCUT2D eigenvalue weighted by Crippen LogP contribution is 2.34. The van der Waals surface area contributed by atoms with Gasteiger partial charge in [-0.2, -0.15) is 0 Å². The molecule has 0 aliphatic carbocycles. The van der Waals surface area contributed by atoms with Crippen LogP contribution >= 0.6 is 38.9 Å². The summed E-state index contributed by atoms with van der Waals surface area (Å²) < 4.78 is 31.6. The fourth-order valence-electron chi connectivity index (χ4n) is 1.21. The van der Waals surface area contributed by atoms with Gasteiger partial charge >= 0.3 is 0 Å². The molecule has 0 radical (unpaired) electrons. The molecule has 1 amide bonds. The van der Waals surface area contributed by atoms with Gasteiger partial charge < -0.3 is 10.1 Å². The van der Waals surface area contributed by atoms with Gasteiger partial charge in [0.05, 0.1) is 15.4 Å². The van der Waals surface area contributed by atoms with Crippen molar-refractivity contribution in [2.24, 2.45) is 0 Å². The van der Waals surface area contributed by atoms with Crippen LogP contribution < -0.4 is 10.0 Å². The van der Waals surface area contributed by atoms with Gasteiger partial charge in [0.1, 0.15) is 4.21 Å². The Labute approximate surface area is 135 Å². The van der Waals surface area contributed by atoms with E-state index in [2.05, 4.69) is 26.0 Å². The maximum atomic E-state index is 11.9. The number of ether oxygens (including phenoxy) is 1. The SMILES string of the molecule is COCCNC(=O)CCNS(=O)(=O)c1cc(Cl)c(Br)s1. The molecule has 0 atom stereocenters. The third kappa shape index (κ3) is 5.66. The Balaban J connectivity index is 2.42. The number of amides is 1. The number of hydrogen-bond donors (Lipinski definition) is 2. The van der Waals surface area contributed by atoms with Crippen LogP contribution in [0.3, 0.4) is 0 Å². The lowest BCUT2D eigenvalue weighted by Crippen LogP contribution is -2.32. The maximum absolute atomic E-state index is 11.9. The summed E-state index contributed by atoms with van der Waals surface area (Å²) in [6.07, 6.45) is 0.0588. The van der Waals surface area contributed by atoms with Crippen LogP contribution in [0.4, 0.5) is 0 Å². The minimum Gasteiger partial charge on any atom is -0.383 e. The molecule has 2 N–H and O–H groups in total. The minimum atomic E-state index is -3.63. The molecule has 0 aliphatic rings. The number of methoxy groups -OCH3 is 1. The summed E-state index contributed by atoms with van der Waals surface area (Å²) in [5.74, 6) is -0.241. The van der Waals surface area contributed by atoms with Gasteiger partial charge in [-0.05, 0) is 22.0 Å². The van der Waals surface area contributed by atoms with E-state index in [1.54, 1.807) is 0 Å². The Morgan fingerprint density at radius 1 is 1.50 bits per heavy atom. The Morgan fingerprint density at radius 3 is 2.75 bits per heavy atom. The maximum Gasteiger partial charge on any atom is 0.250 e. The summed E-state index contributed by atoms with van der Waals surface area (Å²) in [7, 11) is -2.10. The van der Waals surface area contributed by atoms with E-state index in [0.29, 0.717) is 22.0 Å². The first-order valence-corrected chi connectivity index (χ1v) is 9.04.